The van der Waals surface area contributed by atoms with Crippen molar-refractivity contribution in [2.45, 2.75) is 169 Å². The molecule has 24 nitrogen and oxygen atoms in total. The summed E-state index contributed by atoms with van der Waals surface area (Å²) in [6, 6.07) is 36.0. The Bertz CT molecular complexity index is 5470. The van der Waals surface area contributed by atoms with Crippen LogP contribution < -0.4 is 46.1 Å². The molecular formula is C90H89Cl2F9N18O6S3. The van der Waals surface area contributed by atoms with Gasteiger partial charge in [0.25, 0.3) is 0 Å². The molecule has 6 N–H and O–H groups in total. The van der Waals surface area contributed by atoms with Crippen molar-refractivity contribution in [3.05, 3.63) is 252 Å². The molecule has 3 saturated carbocycles. The minimum Gasteiger partial charge on any atom is -0.495 e. The molecule has 3 aliphatic carbocycles. The highest BCUT2D eigenvalue weighted by Crippen LogP contribution is 2.43. The normalized spacial score (nSPS) is 18.9. The summed E-state index contributed by atoms with van der Waals surface area (Å²) in [5, 5.41) is 23.4. The Morgan fingerprint density at radius 1 is 0.336 bits per heavy atom. The molecule has 0 saturated heterocycles. The van der Waals surface area contributed by atoms with E-state index in [0.717, 1.165) is 142 Å². The minimum atomic E-state index is -4.28. The van der Waals surface area contributed by atoms with E-state index in [2.05, 4.69) is 165 Å². The fourth-order valence-corrected chi connectivity index (χ4v) is 19.6. The molecule has 0 amide bonds. The lowest BCUT2D eigenvalue weighted by Gasteiger charge is -2.35. The fourth-order valence-electron chi connectivity index (χ4n) is 16.5. The lowest BCUT2D eigenvalue weighted by molar-refractivity contribution is -0.127. The summed E-state index contributed by atoms with van der Waals surface area (Å²) in [7, 11) is 4.87. The number of aromatic nitrogens is 12. The highest BCUT2D eigenvalue weighted by molar-refractivity contribution is 7.19. The van der Waals surface area contributed by atoms with Crippen LogP contribution in [0.5, 0.6) is 17.2 Å². The van der Waals surface area contributed by atoms with Crippen LogP contribution in [-0.2, 0) is 38.9 Å². The number of benzene rings is 3. The smallest absolute Gasteiger partial charge is 0.393 e. The molecule has 15 aromatic rings. The van der Waals surface area contributed by atoms with Gasteiger partial charge in [0.1, 0.15) is 87.0 Å². The van der Waals surface area contributed by atoms with Crippen LogP contribution in [0.3, 0.4) is 0 Å². The van der Waals surface area contributed by atoms with Crippen molar-refractivity contribution in [2.75, 3.05) is 37.3 Å². The van der Waals surface area contributed by atoms with Crippen LogP contribution in [0.4, 0.5) is 57.0 Å². The average Bonchev–Trinajstić information content (AvgIpc) is 1.68. The zero-order valence-electron chi connectivity index (χ0n) is 69.1. The number of oxazole rings is 3. The number of halogens is 11. The van der Waals surface area contributed by atoms with E-state index in [0.29, 0.717) is 103 Å². The summed E-state index contributed by atoms with van der Waals surface area (Å²) in [5.74, 6) is 6.04. The number of alkyl halides is 9. The number of hydrogen-bond donors (Lipinski definition) is 6. The molecular weight excluding hydrogens is 1770 g/mol. The van der Waals surface area contributed by atoms with Crippen molar-refractivity contribution in [1.82, 2.24) is 75.8 Å². The van der Waals surface area contributed by atoms with Crippen molar-refractivity contribution < 1.29 is 67.0 Å². The quantitative estimate of drug-likeness (QED) is 0.0261. The van der Waals surface area contributed by atoms with E-state index in [4.69, 9.17) is 27.5 Å². The highest BCUT2D eigenvalue weighted by atomic mass is 35.5. The van der Waals surface area contributed by atoms with Crippen LogP contribution in [0.15, 0.2) is 216 Å². The lowest BCUT2D eigenvalue weighted by atomic mass is 9.82. The molecule has 18 rings (SSSR count). The van der Waals surface area contributed by atoms with Crippen LogP contribution in [0.1, 0.15) is 125 Å². The van der Waals surface area contributed by atoms with E-state index in [-0.39, 0.29) is 93.5 Å². The molecule has 0 unspecified atom stereocenters. The number of pyridine rings is 3. The first-order chi connectivity index (χ1) is 61.0. The Balaban J connectivity index is 0.000000154. The largest absolute Gasteiger partial charge is 0.495 e. The number of thiophene rings is 3. The average molecular weight is 1860 g/mol. The molecule has 128 heavy (non-hydrogen) atoms. The zero-order chi connectivity index (χ0) is 87.3. The van der Waals surface area contributed by atoms with Gasteiger partial charge in [0, 0.05) is 124 Å². The maximum atomic E-state index is 13.0. The monoisotopic (exact) mass is 1850 g/mol. The number of fused-ring (bicyclic) bond motifs is 3. The molecule has 0 radical (unpaired) electrons. The van der Waals surface area contributed by atoms with Crippen molar-refractivity contribution in [1.29, 1.82) is 0 Å². The summed E-state index contributed by atoms with van der Waals surface area (Å²) in [6.07, 6.45) is 15.8. The molecule has 3 aromatic carbocycles. The van der Waals surface area contributed by atoms with Gasteiger partial charge in [-0.25, -0.2) is 44.9 Å². The van der Waals surface area contributed by atoms with Gasteiger partial charge in [0.2, 0.25) is 0 Å². The third-order valence-electron chi connectivity index (χ3n) is 22.3. The van der Waals surface area contributed by atoms with Gasteiger partial charge in [0.15, 0.2) is 17.7 Å². The second kappa shape index (κ2) is 42.2. The predicted molar refractivity (Wildman–Crippen MR) is 478 cm³/mol. The van der Waals surface area contributed by atoms with Gasteiger partial charge in [-0.3, -0.25) is 15.0 Å². The Morgan fingerprint density at radius 2 is 0.609 bits per heavy atom. The molecule has 0 aliphatic heterocycles. The lowest BCUT2D eigenvalue weighted by Crippen LogP contribution is -2.41. The maximum absolute atomic E-state index is 13.0. The number of nitrogens with zero attached hydrogens (tertiary/aromatic N) is 12. The standard InChI is InChI=1S/3C30H29F3N6O2S.2ClH/c3*1-40-24-10-21(15-34-16-24)19-4-2-18(3-5-19)14-36-22-8-20(28-35-6-7-41-28)9-23(11-22)39-27-26-12-25(13-30(31,32)33)42-29(26)38-17-37-27;;/h3*2-7,10,12,15-17,20,22-23,36H,8-9,11,13-14H2,1H3,(H,37,38,39);2*1H/t3*20-,22+,23-;;/m110../s1. The predicted octanol–water partition coefficient (Wildman–Crippen LogP) is 21.1. The van der Waals surface area contributed by atoms with Gasteiger partial charge in [-0.2, -0.15) is 39.5 Å². The molecule has 12 aromatic heterocycles. The number of hydrogen-bond acceptors (Lipinski definition) is 27. The Morgan fingerprint density at radius 3 is 0.859 bits per heavy atom. The second-order valence-electron chi connectivity index (χ2n) is 31.3. The number of rotatable bonds is 27. The van der Waals surface area contributed by atoms with Gasteiger partial charge >= 0.3 is 18.5 Å². The van der Waals surface area contributed by atoms with Gasteiger partial charge in [-0.15, -0.1) is 58.8 Å². The molecule has 0 spiro atoms. The number of nitrogens with one attached hydrogen (secondary N) is 6. The van der Waals surface area contributed by atoms with E-state index < -0.39 is 37.8 Å². The third kappa shape index (κ3) is 24.9. The molecule has 670 valence electrons. The SMILES string of the molecule is COc1cncc(-c2ccc(CN[C@@H]3C[C@H](Nc4ncnc5sc(CC(F)(F)F)cc45)C[C@H](c4ncco4)C3)cc2)c1.COc1cncc(-c2ccc(CN[C@@H]3C[C@H](Nc4ncnc5sc(CC(F)(F)F)cc45)C[C@H](c4ncco4)C3)cc2)c1.COc1cncc(-c2ccc(CN[C@H]3C[C@@H](Nc4ncnc5sc(CC(F)(F)F)cc45)C[C@@H](c4ncco4)C3)cc2)c1.Cl.Cl. The minimum absolute atomic E-state index is 0. The highest BCUT2D eigenvalue weighted by Gasteiger charge is 2.38. The van der Waals surface area contributed by atoms with E-state index in [1.165, 1.54) is 19.0 Å². The van der Waals surface area contributed by atoms with Gasteiger partial charge < -0.3 is 59.4 Å². The fraction of sp³-hybridized carbons (Fsp3) is 0.333. The van der Waals surface area contributed by atoms with Crippen LogP contribution >= 0.6 is 58.8 Å². The van der Waals surface area contributed by atoms with Crippen molar-refractivity contribution >= 4 is 107 Å². The summed E-state index contributed by atoms with van der Waals surface area (Å²) in [5.41, 5.74) is 9.55. The molecule has 38 heteroatoms. The van der Waals surface area contributed by atoms with Crippen molar-refractivity contribution in [3.8, 4) is 50.6 Å². The molecule has 12 heterocycles. The topological polar surface area (TPSA) is 294 Å². The van der Waals surface area contributed by atoms with Crippen LogP contribution in [0, 0.1) is 0 Å². The molecule has 3 aliphatic rings. The number of ether oxygens (including phenoxy) is 3. The Labute approximate surface area is 753 Å². The van der Waals surface area contributed by atoms with Gasteiger partial charge in [-0.1, -0.05) is 72.8 Å². The van der Waals surface area contributed by atoms with E-state index in [9.17, 15) is 39.5 Å². The Hall–Kier alpha value is -11.5. The number of methoxy groups -OCH3 is 3. The first-order valence-corrected chi connectivity index (χ1v) is 43.3. The molecule has 3 fully saturated rings. The first kappa shape index (κ1) is 92.7. The van der Waals surface area contributed by atoms with Crippen LogP contribution in [0.25, 0.3) is 64.0 Å². The molecule has 0 bridgehead atoms. The zero-order valence-corrected chi connectivity index (χ0v) is 73.2. The summed E-state index contributed by atoms with van der Waals surface area (Å²) >= 11 is 3.14. The van der Waals surface area contributed by atoms with Gasteiger partial charge in [0.05, 0.1) is 93.9 Å². The van der Waals surface area contributed by atoms with Gasteiger partial charge in [-0.05, 0) is 128 Å². The van der Waals surface area contributed by atoms with Crippen LogP contribution in [0.2, 0.25) is 0 Å². The maximum Gasteiger partial charge on any atom is 0.393 e. The second-order valence-corrected chi connectivity index (χ2v) is 34.7. The van der Waals surface area contributed by atoms with Crippen molar-refractivity contribution in [3.63, 3.8) is 0 Å². The van der Waals surface area contributed by atoms with E-state index in [1.807, 2.05) is 36.8 Å². The Kier molecular flexibility index (Phi) is 30.5. The number of anilines is 3. The summed E-state index contributed by atoms with van der Waals surface area (Å²) in [6.45, 7) is 2.03. The van der Waals surface area contributed by atoms with Crippen LogP contribution in [-0.4, -0.2) is 136 Å². The van der Waals surface area contributed by atoms with E-state index in [1.54, 1.807) is 95.5 Å². The summed E-state index contributed by atoms with van der Waals surface area (Å²) < 4.78 is 150. The molecule has 9 atom stereocenters. The summed E-state index contributed by atoms with van der Waals surface area (Å²) in [4.78, 5) is 54.0. The third-order valence-corrected chi connectivity index (χ3v) is 25.4. The van der Waals surface area contributed by atoms with E-state index >= 15 is 0 Å². The van der Waals surface area contributed by atoms with Crippen molar-refractivity contribution in [2.24, 2.45) is 0 Å². The first-order valence-electron chi connectivity index (χ1n) is 40.8.